The number of amides is 1. The van der Waals surface area contributed by atoms with Crippen LogP contribution >= 0.6 is 0 Å². The fourth-order valence-corrected chi connectivity index (χ4v) is 5.08. The highest BCUT2D eigenvalue weighted by atomic mass is 32.2. The summed E-state index contributed by atoms with van der Waals surface area (Å²) in [6, 6.07) is 8.07. The Morgan fingerprint density at radius 3 is 2.43 bits per heavy atom. The van der Waals surface area contributed by atoms with Gasteiger partial charge in [-0.1, -0.05) is 19.1 Å². The SMILES string of the molecule is CCc1ccc(C(=O)N(C)Cc2ccc(F)c(F)c2)cc1S(=O)(=O)N1CCOCC1. The van der Waals surface area contributed by atoms with Crippen molar-refractivity contribution in [1.82, 2.24) is 9.21 Å². The molecular formula is C21H24F2N2O4S. The zero-order valence-corrected chi connectivity index (χ0v) is 17.7. The molecule has 0 spiro atoms. The molecule has 2 aromatic carbocycles. The van der Waals surface area contributed by atoms with Crippen LogP contribution in [0, 0.1) is 11.6 Å². The highest BCUT2D eigenvalue weighted by Crippen LogP contribution is 2.24. The number of carbonyl (C=O) groups is 1. The van der Waals surface area contributed by atoms with E-state index in [1.165, 1.54) is 28.4 Å². The molecule has 0 unspecified atom stereocenters. The second kappa shape index (κ2) is 9.20. The minimum Gasteiger partial charge on any atom is -0.379 e. The second-order valence-electron chi connectivity index (χ2n) is 7.10. The van der Waals surface area contributed by atoms with E-state index in [2.05, 4.69) is 0 Å². The van der Waals surface area contributed by atoms with Crippen LogP contribution in [0.15, 0.2) is 41.3 Å². The lowest BCUT2D eigenvalue weighted by atomic mass is 10.1. The summed E-state index contributed by atoms with van der Waals surface area (Å²) < 4.78 is 59.4. The third-order valence-electron chi connectivity index (χ3n) is 5.03. The molecule has 0 aliphatic carbocycles. The van der Waals surface area contributed by atoms with E-state index in [0.29, 0.717) is 30.8 Å². The van der Waals surface area contributed by atoms with E-state index in [-0.39, 0.29) is 30.1 Å². The minimum absolute atomic E-state index is 0.0527. The first kappa shape index (κ1) is 22.3. The van der Waals surface area contributed by atoms with Crippen molar-refractivity contribution in [2.45, 2.75) is 24.8 Å². The van der Waals surface area contributed by atoms with Crippen molar-refractivity contribution in [2.75, 3.05) is 33.4 Å². The molecule has 162 valence electrons. The van der Waals surface area contributed by atoms with Crippen molar-refractivity contribution < 1.29 is 26.7 Å². The molecule has 0 atom stereocenters. The minimum atomic E-state index is -3.76. The average Bonchev–Trinajstić information content (AvgIpc) is 2.75. The summed E-state index contributed by atoms with van der Waals surface area (Å²) in [6.07, 6.45) is 0.498. The first-order valence-corrected chi connectivity index (χ1v) is 11.1. The third kappa shape index (κ3) is 4.69. The zero-order valence-electron chi connectivity index (χ0n) is 16.9. The number of morpholine rings is 1. The highest BCUT2D eigenvalue weighted by molar-refractivity contribution is 7.89. The molecule has 0 N–H and O–H groups in total. The van der Waals surface area contributed by atoms with Gasteiger partial charge in [0, 0.05) is 32.2 Å². The maximum Gasteiger partial charge on any atom is 0.253 e. The average molecular weight is 438 g/mol. The van der Waals surface area contributed by atoms with Crippen LogP contribution in [0.4, 0.5) is 8.78 Å². The number of nitrogens with zero attached hydrogens (tertiary/aromatic N) is 2. The van der Waals surface area contributed by atoms with Crippen LogP contribution in [-0.2, 0) is 27.7 Å². The first-order valence-electron chi connectivity index (χ1n) is 9.64. The smallest absolute Gasteiger partial charge is 0.253 e. The molecule has 0 radical (unpaired) electrons. The summed E-state index contributed by atoms with van der Waals surface area (Å²) in [5.74, 6) is -2.36. The molecule has 0 saturated carbocycles. The number of hydrogen-bond acceptors (Lipinski definition) is 4. The van der Waals surface area contributed by atoms with Crippen LogP contribution in [0.5, 0.6) is 0 Å². The van der Waals surface area contributed by atoms with E-state index < -0.39 is 27.6 Å². The number of aryl methyl sites for hydroxylation is 1. The van der Waals surface area contributed by atoms with Gasteiger partial charge in [-0.25, -0.2) is 17.2 Å². The van der Waals surface area contributed by atoms with Crippen LogP contribution in [0.3, 0.4) is 0 Å². The monoisotopic (exact) mass is 438 g/mol. The topological polar surface area (TPSA) is 66.9 Å². The summed E-state index contributed by atoms with van der Waals surface area (Å²) in [5, 5.41) is 0. The van der Waals surface area contributed by atoms with Crippen LogP contribution in [0.1, 0.15) is 28.4 Å². The van der Waals surface area contributed by atoms with E-state index in [1.807, 2.05) is 6.92 Å². The van der Waals surface area contributed by atoms with E-state index in [0.717, 1.165) is 12.1 Å². The largest absolute Gasteiger partial charge is 0.379 e. The molecule has 3 rings (SSSR count). The van der Waals surface area contributed by atoms with Crippen molar-refractivity contribution in [3.05, 3.63) is 64.7 Å². The molecule has 2 aromatic rings. The van der Waals surface area contributed by atoms with Gasteiger partial charge in [0.25, 0.3) is 5.91 Å². The van der Waals surface area contributed by atoms with Crippen molar-refractivity contribution in [3.63, 3.8) is 0 Å². The lowest BCUT2D eigenvalue weighted by Crippen LogP contribution is -2.41. The molecule has 9 heteroatoms. The molecule has 0 aromatic heterocycles. The fraction of sp³-hybridized carbons (Fsp3) is 0.381. The van der Waals surface area contributed by atoms with Gasteiger partial charge in [-0.05, 0) is 41.8 Å². The second-order valence-corrected chi connectivity index (χ2v) is 9.01. The van der Waals surface area contributed by atoms with E-state index in [9.17, 15) is 22.0 Å². The molecule has 1 amide bonds. The van der Waals surface area contributed by atoms with E-state index in [4.69, 9.17) is 4.74 Å². The number of halogens is 2. The fourth-order valence-electron chi connectivity index (χ4n) is 3.35. The maximum absolute atomic E-state index is 13.4. The maximum atomic E-state index is 13.4. The molecule has 0 bridgehead atoms. The van der Waals surface area contributed by atoms with Crippen LogP contribution in [-0.4, -0.2) is 56.9 Å². The molecule has 1 aliphatic heterocycles. The molecule has 1 saturated heterocycles. The summed E-state index contributed by atoms with van der Waals surface area (Å²) in [7, 11) is -2.24. The first-order chi connectivity index (χ1) is 14.2. The van der Waals surface area contributed by atoms with Gasteiger partial charge in [0.05, 0.1) is 18.1 Å². The molecule has 6 nitrogen and oxygen atoms in total. The van der Waals surface area contributed by atoms with Gasteiger partial charge < -0.3 is 9.64 Å². The summed E-state index contributed by atoms with van der Waals surface area (Å²) in [4.78, 5) is 14.3. The molecule has 1 aliphatic rings. The van der Waals surface area contributed by atoms with Crippen molar-refractivity contribution in [2.24, 2.45) is 0 Å². The Bertz CT molecular complexity index is 1040. The number of sulfonamides is 1. The Morgan fingerprint density at radius 1 is 1.10 bits per heavy atom. The summed E-state index contributed by atoms with van der Waals surface area (Å²) in [6.45, 7) is 3.09. The van der Waals surface area contributed by atoms with Crippen LogP contribution in [0.25, 0.3) is 0 Å². The lowest BCUT2D eigenvalue weighted by molar-refractivity contribution is 0.0729. The van der Waals surface area contributed by atoms with Gasteiger partial charge in [0.2, 0.25) is 10.0 Å². The van der Waals surface area contributed by atoms with E-state index >= 15 is 0 Å². The van der Waals surface area contributed by atoms with Crippen molar-refractivity contribution in [3.8, 4) is 0 Å². The van der Waals surface area contributed by atoms with Crippen molar-refractivity contribution >= 4 is 15.9 Å². The quantitative estimate of drug-likeness (QED) is 0.696. The third-order valence-corrected chi connectivity index (χ3v) is 7.01. The normalized spacial score (nSPS) is 15.2. The van der Waals surface area contributed by atoms with Gasteiger partial charge in [-0.15, -0.1) is 0 Å². The van der Waals surface area contributed by atoms with Crippen molar-refractivity contribution in [1.29, 1.82) is 0 Å². The highest BCUT2D eigenvalue weighted by Gasteiger charge is 2.29. The predicted octanol–water partition coefficient (Wildman–Crippen LogP) is 2.82. The van der Waals surface area contributed by atoms with E-state index in [1.54, 1.807) is 12.1 Å². The molecule has 1 fully saturated rings. The number of benzene rings is 2. The van der Waals surface area contributed by atoms with Crippen LogP contribution in [0.2, 0.25) is 0 Å². The molecule has 1 heterocycles. The number of hydrogen-bond donors (Lipinski definition) is 0. The van der Waals surface area contributed by atoms with Gasteiger partial charge in [-0.3, -0.25) is 4.79 Å². The number of carbonyl (C=O) groups excluding carboxylic acids is 1. The molecule has 30 heavy (non-hydrogen) atoms. The van der Waals surface area contributed by atoms with Gasteiger partial charge in [-0.2, -0.15) is 4.31 Å². The summed E-state index contributed by atoms with van der Waals surface area (Å²) >= 11 is 0. The predicted molar refractivity (Wildman–Crippen MR) is 108 cm³/mol. The zero-order chi connectivity index (χ0) is 21.9. The summed E-state index contributed by atoms with van der Waals surface area (Å²) in [5.41, 5.74) is 1.27. The number of rotatable bonds is 6. The Hall–Kier alpha value is -2.36. The Morgan fingerprint density at radius 2 is 1.80 bits per heavy atom. The van der Waals surface area contributed by atoms with Crippen LogP contribution < -0.4 is 0 Å². The van der Waals surface area contributed by atoms with Gasteiger partial charge in [0.15, 0.2) is 11.6 Å². The molecular weight excluding hydrogens is 414 g/mol. The van der Waals surface area contributed by atoms with Gasteiger partial charge >= 0.3 is 0 Å². The standard InChI is InChI=1S/C21H24F2N2O4S/c1-3-16-5-6-17(13-20(16)30(27,28)25-8-10-29-11-9-25)21(26)24(2)14-15-4-7-18(22)19(23)12-15/h4-7,12-13H,3,8-11,14H2,1-2H3. The Balaban J connectivity index is 1.87. The van der Waals surface area contributed by atoms with Gasteiger partial charge in [0.1, 0.15) is 0 Å². The number of ether oxygens (including phenoxy) is 1. The Labute approximate surface area is 175 Å². The lowest BCUT2D eigenvalue weighted by Gasteiger charge is -2.27. The Kier molecular flexibility index (Phi) is 6.84.